The molecule has 0 bridgehead atoms. The molecule has 1 heterocycles. The fourth-order valence-corrected chi connectivity index (χ4v) is 3.37. The van der Waals surface area contributed by atoms with E-state index in [-0.39, 0.29) is 11.5 Å². The van der Waals surface area contributed by atoms with Crippen molar-refractivity contribution in [1.82, 2.24) is 0 Å². The summed E-state index contributed by atoms with van der Waals surface area (Å²) in [5, 5.41) is 0. The van der Waals surface area contributed by atoms with Gasteiger partial charge in [0, 0.05) is 12.1 Å². The monoisotopic (exact) mass is 239 g/mol. The quantitative estimate of drug-likeness (QED) is 0.734. The molecule has 1 aromatic rings. The minimum Gasteiger partial charge on any atom is -0.295 e. The molecule has 4 nitrogen and oxygen atoms in total. The van der Waals surface area contributed by atoms with E-state index in [0.717, 1.165) is 0 Å². The molecule has 0 unspecified atom stereocenters. The molecule has 0 atom stereocenters. The number of Topliss-reactive ketones (excluding diaryl/α,β-unsaturated/α-hetero) is 1. The van der Waals surface area contributed by atoms with E-state index in [0.29, 0.717) is 24.2 Å². The van der Waals surface area contributed by atoms with Crippen molar-refractivity contribution in [2.24, 2.45) is 0 Å². The average molecular weight is 239 g/mol. The lowest BCUT2D eigenvalue weighted by Crippen LogP contribution is -2.25. The van der Waals surface area contributed by atoms with Gasteiger partial charge in [-0.3, -0.25) is 9.10 Å². The summed E-state index contributed by atoms with van der Waals surface area (Å²) < 4.78 is 24.7. The van der Waals surface area contributed by atoms with Crippen molar-refractivity contribution in [2.45, 2.75) is 13.3 Å². The van der Waals surface area contributed by atoms with E-state index in [2.05, 4.69) is 0 Å². The van der Waals surface area contributed by atoms with Gasteiger partial charge in [0.2, 0.25) is 10.0 Å². The molecule has 1 fully saturated rings. The third-order valence-corrected chi connectivity index (χ3v) is 4.51. The van der Waals surface area contributed by atoms with Crippen LogP contribution >= 0.6 is 0 Å². The Morgan fingerprint density at radius 3 is 2.69 bits per heavy atom. The lowest BCUT2D eigenvalue weighted by atomic mass is 10.1. The molecule has 5 heteroatoms. The first-order chi connectivity index (χ1) is 7.50. The SMILES string of the molecule is CC(=O)c1cccc(N2CCCS2(=O)=O)c1. The van der Waals surface area contributed by atoms with Crippen LogP contribution in [0, 0.1) is 0 Å². The summed E-state index contributed by atoms with van der Waals surface area (Å²) in [6, 6.07) is 6.74. The minimum atomic E-state index is -3.16. The van der Waals surface area contributed by atoms with E-state index in [9.17, 15) is 13.2 Å². The van der Waals surface area contributed by atoms with E-state index in [1.54, 1.807) is 24.3 Å². The first-order valence-corrected chi connectivity index (χ1v) is 6.73. The van der Waals surface area contributed by atoms with Gasteiger partial charge in [0.25, 0.3) is 0 Å². The van der Waals surface area contributed by atoms with Gasteiger partial charge in [-0.1, -0.05) is 12.1 Å². The lowest BCUT2D eigenvalue weighted by molar-refractivity contribution is 0.101. The molecule has 0 aromatic heterocycles. The number of hydrogen-bond acceptors (Lipinski definition) is 3. The molecule has 1 saturated heterocycles. The highest BCUT2D eigenvalue weighted by Gasteiger charge is 2.28. The molecule has 2 rings (SSSR count). The van der Waals surface area contributed by atoms with Crippen LogP contribution in [0.2, 0.25) is 0 Å². The normalized spacial score (nSPS) is 18.7. The van der Waals surface area contributed by atoms with Crippen LogP contribution in [0.5, 0.6) is 0 Å². The summed E-state index contributed by atoms with van der Waals surface area (Å²) >= 11 is 0. The predicted molar refractivity (Wildman–Crippen MR) is 62.2 cm³/mol. The van der Waals surface area contributed by atoms with E-state index < -0.39 is 10.0 Å². The fourth-order valence-electron chi connectivity index (χ4n) is 1.81. The molecule has 0 N–H and O–H groups in total. The van der Waals surface area contributed by atoms with Crippen molar-refractivity contribution in [2.75, 3.05) is 16.6 Å². The Kier molecular flexibility index (Phi) is 2.71. The molecule has 0 saturated carbocycles. The number of carbonyl (C=O) groups excluding carboxylic acids is 1. The van der Waals surface area contributed by atoms with Crippen molar-refractivity contribution in [3.05, 3.63) is 29.8 Å². The van der Waals surface area contributed by atoms with E-state index in [1.165, 1.54) is 11.2 Å². The molecule has 0 aliphatic carbocycles. The first kappa shape index (κ1) is 11.1. The number of rotatable bonds is 2. The Hall–Kier alpha value is -1.36. The summed E-state index contributed by atoms with van der Waals surface area (Å²) in [6.45, 7) is 1.97. The van der Waals surface area contributed by atoms with Crippen LogP contribution in [0.25, 0.3) is 0 Å². The second-order valence-corrected chi connectivity index (χ2v) is 5.86. The Bertz CT molecular complexity index is 522. The molecule has 0 spiro atoms. The summed E-state index contributed by atoms with van der Waals surface area (Å²) in [7, 11) is -3.16. The maximum Gasteiger partial charge on any atom is 0.235 e. The van der Waals surface area contributed by atoms with Gasteiger partial charge in [-0.05, 0) is 25.5 Å². The minimum absolute atomic E-state index is 0.0570. The standard InChI is InChI=1S/C11H13NO3S/c1-9(13)10-4-2-5-11(8-10)12-6-3-7-16(12,14)15/h2,4-5,8H,3,6-7H2,1H3. The Morgan fingerprint density at radius 1 is 1.38 bits per heavy atom. The highest BCUT2D eigenvalue weighted by Crippen LogP contribution is 2.24. The number of anilines is 1. The van der Waals surface area contributed by atoms with E-state index in [1.807, 2.05) is 0 Å². The number of benzene rings is 1. The Morgan fingerprint density at radius 2 is 2.12 bits per heavy atom. The van der Waals surface area contributed by atoms with Gasteiger partial charge in [-0.15, -0.1) is 0 Å². The Balaban J connectivity index is 2.41. The van der Waals surface area contributed by atoms with Gasteiger partial charge in [0.05, 0.1) is 11.4 Å². The summed E-state index contributed by atoms with van der Waals surface area (Å²) in [4.78, 5) is 11.2. The van der Waals surface area contributed by atoms with Gasteiger partial charge in [0.15, 0.2) is 5.78 Å². The van der Waals surface area contributed by atoms with Crippen molar-refractivity contribution in [1.29, 1.82) is 0 Å². The van der Waals surface area contributed by atoms with Crippen molar-refractivity contribution in [3.63, 3.8) is 0 Å². The number of sulfonamides is 1. The molecule has 0 radical (unpaired) electrons. The maximum atomic E-state index is 11.7. The number of hydrogen-bond donors (Lipinski definition) is 0. The molecule has 1 aliphatic heterocycles. The predicted octanol–water partition coefficient (Wildman–Crippen LogP) is 1.43. The highest BCUT2D eigenvalue weighted by atomic mass is 32.2. The number of nitrogens with zero attached hydrogens (tertiary/aromatic N) is 1. The Labute approximate surface area is 94.9 Å². The van der Waals surface area contributed by atoms with Crippen molar-refractivity contribution in [3.8, 4) is 0 Å². The largest absolute Gasteiger partial charge is 0.295 e. The molecule has 86 valence electrons. The number of ketones is 1. The second-order valence-electron chi connectivity index (χ2n) is 3.85. The number of carbonyl (C=O) groups is 1. The third-order valence-electron chi connectivity index (χ3n) is 2.64. The zero-order valence-corrected chi connectivity index (χ0v) is 9.83. The van der Waals surface area contributed by atoms with Crippen LogP contribution < -0.4 is 4.31 Å². The topological polar surface area (TPSA) is 54.5 Å². The van der Waals surface area contributed by atoms with Crippen molar-refractivity contribution >= 4 is 21.5 Å². The zero-order chi connectivity index (χ0) is 11.8. The fraction of sp³-hybridized carbons (Fsp3) is 0.364. The highest BCUT2D eigenvalue weighted by molar-refractivity contribution is 7.93. The molecule has 1 aliphatic rings. The zero-order valence-electron chi connectivity index (χ0n) is 9.01. The van der Waals surface area contributed by atoms with Crippen LogP contribution in [0.4, 0.5) is 5.69 Å². The molecular weight excluding hydrogens is 226 g/mol. The van der Waals surface area contributed by atoms with Crippen LogP contribution in [-0.2, 0) is 10.0 Å². The van der Waals surface area contributed by atoms with Gasteiger partial charge in [-0.25, -0.2) is 8.42 Å². The van der Waals surface area contributed by atoms with Crippen molar-refractivity contribution < 1.29 is 13.2 Å². The van der Waals surface area contributed by atoms with Crippen LogP contribution in [0.1, 0.15) is 23.7 Å². The lowest BCUT2D eigenvalue weighted by Gasteiger charge is -2.17. The van der Waals surface area contributed by atoms with Gasteiger partial charge in [0.1, 0.15) is 0 Å². The second kappa shape index (κ2) is 3.90. The third kappa shape index (κ3) is 1.95. The molecule has 1 aromatic carbocycles. The van der Waals surface area contributed by atoms with Crippen LogP contribution in [0.3, 0.4) is 0 Å². The molecular formula is C11H13NO3S. The summed E-state index contributed by atoms with van der Waals surface area (Å²) in [6.07, 6.45) is 0.645. The van der Waals surface area contributed by atoms with Gasteiger partial charge in [-0.2, -0.15) is 0 Å². The van der Waals surface area contributed by atoms with Gasteiger partial charge < -0.3 is 0 Å². The van der Waals surface area contributed by atoms with Crippen LogP contribution in [-0.4, -0.2) is 26.5 Å². The van der Waals surface area contributed by atoms with Crippen LogP contribution in [0.15, 0.2) is 24.3 Å². The summed E-state index contributed by atoms with van der Waals surface area (Å²) in [5.74, 6) is 0.135. The van der Waals surface area contributed by atoms with E-state index >= 15 is 0 Å². The average Bonchev–Trinajstić information content (AvgIpc) is 2.58. The molecule has 16 heavy (non-hydrogen) atoms. The maximum absolute atomic E-state index is 11.7. The summed E-state index contributed by atoms with van der Waals surface area (Å²) in [5.41, 5.74) is 1.13. The smallest absolute Gasteiger partial charge is 0.235 e. The van der Waals surface area contributed by atoms with E-state index in [4.69, 9.17) is 0 Å². The molecule has 0 amide bonds. The first-order valence-electron chi connectivity index (χ1n) is 5.12. The van der Waals surface area contributed by atoms with Gasteiger partial charge >= 0.3 is 0 Å².